The van der Waals surface area contributed by atoms with Crippen LogP contribution < -0.4 is 5.32 Å². The third-order valence-corrected chi connectivity index (χ3v) is 5.29. The number of amides is 1. The number of rotatable bonds is 2. The van der Waals surface area contributed by atoms with Gasteiger partial charge in [-0.05, 0) is 36.3 Å². The number of hydrogen-bond acceptors (Lipinski definition) is 2. The molecule has 2 unspecified atom stereocenters. The first-order valence-electron chi connectivity index (χ1n) is 8.23. The van der Waals surface area contributed by atoms with E-state index in [0.29, 0.717) is 12.0 Å². The summed E-state index contributed by atoms with van der Waals surface area (Å²) in [5.41, 5.74) is 2.65. The summed E-state index contributed by atoms with van der Waals surface area (Å²) < 4.78 is 0. The lowest BCUT2D eigenvalue weighted by Crippen LogP contribution is -2.52. The van der Waals surface area contributed by atoms with Crippen LogP contribution in [0.3, 0.4) is 0 Å². The van der Waals surface area contributed by atoms with Crippen LogP contribution in [0.25, 0.3) is 0 Å². The number of likely N-dealkylation sites (N-methyl/N-ethyl adjacent to an activating group) is 1. The second-order valence-corrected chi connectivity index (χ2v) is 6.68. The van der Waals surface area contributed by atoms with E-state index in [1.165, 1.54) is 30.4 Å². The van der Waals surface area contributed by atoms with Gasteiger partial charge in [-0.15, -0.1) is 0 Å². The fourth-order valence-corrected chi connectivity index (χ4v) is 3.91. The molecule has 1 aromatic rings. The molecule has 0 radical (unpaired) electrons. The number of benzene rings is 1. The Morgan fingerprint density at radius 2 is 1.90 bits per heavy atom. The molecule has 3 rings (SSSR count). The predicted molar refractivity (Wildman–Crippen MR) is 85.0 cm³/mol. The predicted octanol–water partition coefficient (Wildman–Crippen LogP) is 2.74. The molecule has 0 saturated heterocycles. The highest BCUT2D eigenvalue weighted by atomic mass is 16.2. The third-order valence-electron chi connectivity index (χ3n) is 5.29. The molecule has 0 aromatic heterocycles. The monoisotopic (exact) mass is 286 g/mol. The molecule has 1 heterocycles. The van der Waals surface area contributed by atoms with E-state index in [1.54, 1.807) is 0 Å². The number of fused-ring (bicyclic) bond motifs is 1. The second kappa shape index (κ2) is 6.18. The summed E-state index contributed by atoms with van der Waals surface area (Å²) in [5.74, 6) is 0.895. The molecular weight excluding hydrogens is 260 g/mol. The molecular formula is C18H26N2O. The zero-order valence-electron chi connectivity index (χ0n) is 13.1. The lowest BCUT2D eigenvalue weighted by molar-refractivity contribution is -0.136. The van der Waals surface area contributed by atoms with Crippen molar-refractivity contribution in [1.82, 2.24) is 10.2 Å². The fourth-order valence-electron chi connectivity index (χ4n) is 3.91. The zero-order valence-corrected chi connectivity index (χ0v) is 13.1. The molecule has 1 aromatic carbocycles. The SMILES string of the molecule is CC1CCCCC1N(C)C(=O)[C@H]1Cc2ccccc2CN1. The van der Waals surface area contributed by atoms with Gasteiger partial charge in [0.25, 0.3) is 0 Å². The number of nitrogens with one attached hydrogen (secondary N) is 1. The van der Waals surface area contributed by atoms with Crippen molar-refractivity contribution in [1.29, 1.82) is 0 Å². The van der Waals surface area contributed by atoms with Crippen LogP contribution in [0.2, 0.25) is 0 Å². The van der Waals surface area contributed by atoms with Gasteiger partial charge in [-0.1, -0.05) is 44.0 Å². The van der Waals surface area contributed by atoms with E-state index in [0.717, 1.165) is 19.4 Å². The summed E-state index contributed by atoms with van der Waals surface area (Å²) in [4.78, 5) is 14.8. The van der Waals surface area contributed by atoms with E-state index >= 15 is 0 Å². The molecule has 1 saturated carbocycles. The molecule has 114 valence electrons. The standard InChI is InChI=1S/C18H26N2O/c1-13-7-3-6-10-17(13)20(2)18(21)16-11-14-8-4-5-9-15(14)12-19-16/h4-5,8-9,13,16-17,19H,3,6-7,10-12H2,1-2H3/t13?,16-,17?/m1/s1. The molecule has 3 nitrogen and oxygen atoms in total. The van der Waals surface area contributed by atoms with Gasteiger partial charge >= 0.3 is 0 Å². The minimum atomic E-state index is -0.0565. The lowest BCUT2D eigenvalue weighted by Gasteiger charge is -2.39. The molecule has 1 amide bonds. The summed E-state index contributed by atoms with van der Waals surface area (Å²) in [6, 6.07) is 8.80. The van der Waals surface area contributed by atoms with E-state index in [9.17, 15) is 4.79 Å². The summed E-state index contributed by atoms with van der Waals surface area (Å²) in [7, 11) is 2.00. The summed E-state index contributed by atoms with van der Waals surface area (Å²) in [5, 5.41) is 3.42. The Hall–Kier alpha value is -1.35. The first-order valence-corrected chi connectivity index (χ1v) is 8.23. The highest BCUT2D eigenvalue weighted by Crippen LogP contribution is 2.28. The van der Waals surface area contributed by atoms with Crippen LogP contribution in [0.15, 0.2) is 24.3 Å². The summed E-state index contributed by atoms with van der Waals surface area (Å²) in [6.07, 6.45) is 5.80. The maximum absolute atomic E-state index is 12.8. The van der Waals surface area contributed by atoms with Crippen molar-refractivity contribution in [3.05, 3.63) is 35.4 Å². The molecule has 2 aliphatic rings. The molecule has 0 bridgehead atoms. The average molecular weight is 286 g/mol. The van der Waals surface area contributed by atoms with Crippen molar-refractivity contribution in [2.75, 3.05) is 7.05 Å². The van der Waals surface area contributed by atoms with Crippen LogP contribution >= 0.6 is 0 Å². The minimum Gasteiger partial charge on any atom is -0.341 e. The quantitative estimate of drug-likeness (QED) is 0.906. The Morgan fingerprint density at radius 3 is 2.67 bits per heavy atom. The minimum absolute atomic E-state index is 0.0565. The maximum Gasteiger partial charge on any atom is 0.240 e. The topological polar surface area (TPSA) is 32.3 Å². The van der Waals surface area contributed by atoms with Gasteiger partial charge in [-0.3, -0.25) is 4.79 Å². The second-order valence-electron chi connectivity index (χ2n) is 6.68. The lowest BCUT2D eigenvalue weighted by atomic mass is 9.84. The van der Waals surface area contributed by atoms with E-state index in [2.05, 4.69) is 36.5 Å². The van der Waals surface area contributed by atoms with Crippen LogP contribution in [0, 0.1) is 5.92 Å². The number of carbonyl (C=O) groups excluding carboxylic acids is 1. The Morgan fingerprint density at radius 1 is 1.19 bits per heavy atom. The summed E-state index contributed by atoms with van der Waals surface area (Å²) >= 11 is 0. The molecule has 1 fully saturated rings. The van der Waals surface area contributed by atoms with Crippen molar-refractivity contribution in [3.8, 4) is 0 Å². The molecule has 1 aliphatic heterocycles. The maximum atomic E-state index is 12.8. The number of hydrogen-bond donors (Lipinski definition) is 1. The molecule has 21 heavy (non-hydrogen) atoms. The van der Waals surface area contributed by atoms with Crippen LogP contribution in [0.1, 0.15) is 43.7 Å². The Balaban J connectivity index is 1.68. The van der Waals surface area contributed by atoms with E-state index < -0.39 is 0 Å². The normalized spacial score (nSPS) is 28.8. The van der Waals surface area contributed by atoms with Gasteiger partial charge in [-0.2, -0.15) is 0 Å². The summed E-state index contributed by atoms with van der Waals surface area (Å²) in [6.45, 7) is 3.10. The van der Waals surface area contributed by atoms with E-state index in [4.69, 9.17) is 0 Å². The first kappa shape index (κ1) is 14.6. The highest BCUT2D eigenvalue weighted by Gasteiger charge is 2.32. The number of carbonyl (C=O) groups is 1. The van der Waals surface area contributed by atoms with Gasteiger partial charge in [0, 0.05) is 19.6 Å². The largest absolute Gasteiger partial charge is 0.341 e. The third kappa shape index (κ3) is 2.98. The molecule has 3 heteroatoms. The van der Waals surface area contributed by atoms with Gasteiger partial charge < -0.3 is 10.2 Å². The molecule has 3 atom stereocenters. The van der Waals surface area contributed by atoms with Crippen molar-refractivity contribution < 1.29 is 4.79 Å². The Bertz CT molecular complexity index is 514. The van der Waals surface area contributed by atoms with Gasteiger partial charge in [0.1, 0.15) is 0 Å². The van der Waals surface area contributed by atoms with Gasteiger partial charge in [-0.25, -0.2) is 0 Å². The first-order chi connectivity index (χ1) is 10.2. The van der Waals surface area contributed by atoms with Crippen molar-refractivity contribution >= 4 is 5.91 Å². The van der Waals surface area contributed by atoms with E-state index in [1.807, 2.05) is 11.9 Å². The van der Waals surface area contributed by atoms with E-state index in [-0.39, 0.29) is 11.9 Å². The Labute approximate surface area is 127 Å². The van der Waals surface area contributed by atoms with Gasteiger partial charge in [0.2, 0.25) is 5.91 Å². The zero-order chi connectivity index (χ0) is 14.8. The smallest absolute Gasteiger partial charge is 0.240 e. The van der Waals surface area contributed by atoms with Crippen LogP contribution in [0.4, 0.5) is 0 Å². The number of nitrogens with zero attached hydrogens (tertiary/aromatic N) is 1. The van der Waals surface area contributed by atoms with Gasteiger partial charge in [0.15, 0.2) is 0 Å². The van der Waals surface area contributed by atoms with Crippen LogP contribution in [0.5, 0.6) is 0 Å². The van der Waals surface area contributed by atoms with Crippen LogP contribution in [-0.4, -0.2) is 29.9 Å². The molecule has 1 N–H and O–H groups in total. The van der Waals surface area contributed by atoms with Crippen molar-refractivity contribution in [2.45, 2.75) is 57.7 Å². The van der Waals surface area contributed by atoms with Crippen LogP contribution in [-0.2, 0) is 17.8 Å². The fraction of sp³-hybridized carbons (Fsp3) is 0.611. The highest BCUT2D eigenvalue weighted by molar-refractivity contribution is 5.82. The molecule has 1 aliphatic carbocycles. The van der Waals surface area contributed by atoms with Crippen molar-refractivity contribution in [2.24, 2.45) is 5.92 Å². The Kier molecular flexibility index (Phi) is 4.29. The van der Waals surface area contributed by atoms with Gasteiger partial charge in [0.05, 0.1) is 6.04 Å². The average Bonchev–Trinajstić information content (AvgIpc) is 2.53. The van der Waals surface area contributed by atoms with Crippen molar-refractivity contribution in [3.63, 3.8) is 0 Å². The molecule has 0 spiro atoms.